The van der Waals surface area contributed by atoms with E-state index < -0.39 is 5.82 Å². The van der Waals surface area contributed by atoms with Crippen LogP contribution in [0.25, 0.3) is 10.9 Å². The molecule has 0 saturated carbocycles. The summed E-state index contributed by atoms with van der Waals surface area (Å²) in [5.41, 5.74) is 2.59. The molecule has 0 spiro atoms. The van der Waals surface area contributed by atoms with Gasteiger partial charge in [-0.15, -0.1) is 11.6 Å². The maximum absolute atomic E-state index is 13.6. The van der Waals surface area contributed by atoms with Gasteiger partial charge in [0.2, 0.25) is 0 Å². The molecule has 2 nitrogen and oxygen atoms in total. The Morgan fingerprint density at radius 3 is 2.72 bits per heavy atom. The molecule has 0 aliphatic carbocycles. The smallest absolute Gasteiger partial charge is 0.167 e. The highest BCUT2D eigenvalue weighted by Gasteiger charge is 2.10. The highest BCUT2D eigenvalue weighted by Crippen LogP contribution is 2.26. The number of fused-ring (bicyclic) bond motifs is 1. The van der Waals surface area contributed by atoms with Crippen LogP contribution >= 0.6 is 11.6 Å². The molecule has 0 aliphatic rings. The first-order valence-electron chi connectivity index (χ1n) is 5.91. The third-order valence-electron chi connectivity index (χ3n) is 2.89. The lowest BCUT2D eigenvalue weighted by Gasteiger charge is -2.09. The van der Waals surface area contributed by atoms with Crippen molar-refractivity contribution >= 4 is 22.5 Å². The topological polar surface area (TPSA) is 22.1 Å². The molecular weight excluding hydrogens is 253 g/mol. The van der Waals surface area contributed by atoms with E-state index in [9.17, 15) is 4.39 Å². The first-order chi connectivity index (χ1) is 8.69. The van der Waals surface area contributed by atoms with Crippen LogP contribution in [0.2, 0.25) is 0 Å². The molecule has 0 N–H and O–H groups in total. The van der Waals surface area contributed by atoms with E-state index in [4.69, 9.17) is 16.3 Å². The molecule has 0 unspecified atom stereocenters. The molecule has 0 atom stereocenters. The number of hydrogen-bond donors (Lipinski definition) is 0. The van der Waals surface area contributed by atoms with E-state index in [1.54, 1.807) is 6.07 Å². The standard InChI is InChI=1S/C14H15ClFNO/c1-3-4-12-10(8-15)5-9-6-14(18-2)11(16)7-13(9)17-12/h5-7H,3-4,8H2,1-2H3. The van der Waals surface area contributed by atoms with Crippen molar-refractivity contribution in [1.29, 1.82) is 0 Å². The van der Waals surface area contributed by atoms with Gasteiger partial charge in [0.25, 0.3) is 0 Å². The Morgan fingerprint density at radius 1 is 1.33 bits per heavy atom. The van der Waals surface area contributed by atoms with Gasteiger partial charge < -0.3 is 4.74 Å². The second kappa shape index (κ2) is 5.53. The molecule has 0 saturated heterocycles. The van der Waals surface area contributed by atoms with Gasteiger partial charge in [0, 0.05) is 23.0 Å². The number of aromatic nitrogens is 1. The summed E-state index contributed by atoms with van der Waals surface area (Å²) in [6, 6.07) is 5.02. The Labute approximate surface area is 111 Å². The van der Waals surface area contributed by atoms with E-state index in [-0.39, 0.29) is 5.75 Å². The van der Waals surface area contributed by atoms with E-state index in [0.29, 0.717) is 11.4 Å². The highest BCUT2D eigenvalue weighted by atomic mass is 35.5. The summed E-state index contributed by atoms with van der Waals surface area (Å²) in [5.74, 6) is 0.254. The number of halogens is 2. The SMILES string of the molecule is CCCc1nc2cc(F)c(OC)cc2cc1CCl. The predicted octanol–water partition coefficient (Wildman–Crippen LogP) is 4.07. The van der Waals surface area contributed by atoms with Crippen LogP contribution < -0.4 is 4.74 Å². The van der Waals surface area contributed by atoms with Crippen LogP contribution in [0.3, 0.4) is 0 Å². The molecule has 2 rings (SSSR count). The number of benzene rings is 1. The van der Waals surface area contributed by atoms with Gasteiger partial charge in [0.15, 0.2) is 11.6 Å². The summed E-state index contributed by atoms with van der Waals surface area (Å²) in [6.07, 6.45) is 1.84. The molecule has 1 heterocycles. The van der Waals surface area contributed by atoms with E-state index in [0.717, 1.165) is 29.5 Å². The molecule has 1 aromatic carbocycles. The molecule has 96 valence electrons. The van der Waals surface area contributed by atoms with Crippen LogP contribution in [0.4, 0.5) is 4.39 Å². The summed E-state index contributed by atoms with van der Waals surface area (Å²) in [4.78, 5) is 4.49. The fourth-order valence-electron chi connectivity index (χ4n) is 1.98. The van der Waals surface area contributed by atoms with Crippen LogP contribution in [0, 0.1) is 5.82 Å². The largest absolute Gasteiger partial charge is 0.494 e. The first-order valence-corrected chi connectivity index (χ1v) is 6.45. The predicted molar refractivity (Wildman–Crippen MR) is 71.8 cm³/mol. The summed E-state index contributed by atoms with van der Waals surface area (Å²) in [5, 5.41) is 0.851. The maximum atomic E-state index is 13.6. The van der Waals surface area contributed by atoms with Gasteiger partial charge in [-0.3, -0.25) is 4.98 Å². The van der Waals surface area contributed by atoms with Crippen molar-refractivity contribution < 1.29 is 9.13 Å². The van der Waals surface area contributed by atoms with Crippen LogP contribution in [-0.2, 0) is 12.3 Å². The summed E-state index contributed by atoms with van der Waals surface area (Å²) in [7, 11) is 1.45. The van der Waals surface area contributed by atoms with E-state index in [2.05, 4.69) is 11.9 Å². The van der Waals surface area contributed by atoms with Gasteiger partial charge in [-0.25, -0.2) is 4.39 Å². The first kappa shape index (κ1) is 13.1. The van der Waals surface area contributed by atoms with Gasteiger partial charge in [0.1, 0.15) is 0 Å². The zero-order valence-corrected chi connectivity index (χ0v) is 11.2. The van der Waals surface area contributed by atoms with Crippen LogP contribution in [0.15, 0.2) is 18.2 Å². The molecular formula is C14H15ClFNO. The fraction of sp³-hybridized carbons (Fsp3) is 0.357. The van der Waals surface area contributed by atoms with Crippen LogP contribution in [0.5, 0.6) is 5.75 Å². The third kappa shape index (κ3) is 2.41. The van der Waals surface area contributed by atoms with E-state index >= 15 is 0 Å². The number of alkyl halides is 1. The number of pyridine rings is 1. The Balaban J connectivity index is 2.63. The summed E-state index contributed by atoms with van der Waals surface area (Å²) >= 11 is 5.93. The average molecular weight is 268 g/mol. The van der Waals surface area contributed by atoms with Gasteiger partial charge in [0.05, 0.1) is 12.6 Å². The van der Waals surface area contributed by atoms with Crippen molar-refractivity contribution in [1.82, 2.24) is 4.98 Å². The molecule has 0 aliphatic heterocycles. The highest BCUT2D eigenvalue weighted by molar-refractivity contribution is 6.17. The maximum Gasteiger partial charge on any atom is 0.167 e. The molecule has 2 aromatic rings. The fourth-order valence-corrected chi connectivity index (χ4v) is 2.22. The molecule has 0 fully saturated rings. The molecule has 0 amide bonds. The van der Waals surface area contributed by atoms with Gasteiger partial charge in [-0.05, 0) is 24.1 Å². The number of ether oxygens (including phenoxy) is 1. The lowest BCUT2D eigenvalue weighted by atomic mass is 10.1. The molecule has 0 bridgehead atoms. The molecule has 1 aromatic heterocycles. The van der Waals surface area contributed by atoms with Crippen LogP contribution in [-0.4, -0.2) is 12.1 Å². The molecule has 18 heavy (non-hydrogen) atoms. The summed E-state index contributed by atoms with van der Waals surface area (Å²) < 4.78 is 18.6. The molecule has 4 heteroatoms. The Bertz CT molecular complexity index is 571. The second-order valence-electron chi connectivity index (χ2n) is 4.16. The number of methoxy groups -OCH3 is 1. The van der Waals surface area contributed by atoms with Crippen molar-refractivity contribution in [3.63, 3.8) is 0 Å². The number of aryl methyl sites for hydroxylation is 1. The molecule has 0 radical (unpaired) electrons. The van der Waals surface area contributed by atoms with Crippen molar-refractivity contribution in [3.8, 4) is 5.75 Å². The van der Waals surface area contributed by atoms with Crippen molar-refractivity contribution in [2.45, 2.75) is 25.6 Å². The zero-order valence-electron chi connectivity index (χ0n) is 10.5. The number of nitrogens with zero attached hydrogens (tertiary/aromatic N) is 1. The quantitative estimate of drug-likeness (QED) is 0.779. The zero-order chi connectivity index (χ0) is 13.1. The Morgan fingerprint density at radius 2 is 2.11 bits per heavy atom. The van der Waals surface area contributed by atoms with E-state index in [1.165, 1.54) is 13.2 Å². The van der Waals surface area contributed by atoms with Gasteiger partial charge in [-0.1, -0.05) is 13.3 Å². The number of rotatable bonds is 4. The van der Waals surface area contributed by atoms with Crippen LogP contribution in [0.1, 0.15) is 24.6 Å². The minimum absolute atomic E-state index is 0.230. The monoisotopic (exact) mass is 267 g/mol. The third-order valence-corrected chi connectivity index (χ3v) is 3.18. The lowest BCUT2D eigenvalue weighted by molar-refractivity contribution is 0.387. The minimum Gasteiger partial charge on any atom is -0.494 e. The van der Waals surface area contributed by atoms with E-state index in [1.807, 2.05) is 6.07 Å². The van der Waals surface area contributed by atoms with Crippen molar-refractivity contribution in [2.75, 3.05) is 7.11 Å². The van der Waals surface area contributed by atoms with Gasteiger partial charge in [-0.2, -0.15) is 0 Å². The van der Waals surface area contributed by atoms with Crippen molar-refractivity contribution in [2.24, 2.45) is 0 Å². The normalized spacial score (nSPS) is 10.9. The second-order valence-corrected chi connectivity index (χ2v) is 4.42. The number of hydrogen-bond acceptors (Lipinski definition) is 2. The summed E-state index contributed by atoms with van der Waals surface area (Å²) in [6.45, 7) is 2.08. The van der Waals surface area contributed by atoms with Gasteiger partial charge >= 0.3 is 0 Å². The Kier molecular flexibility index (Phi) is 4.02. The lowest BCUT2D eigenvalue weighted by Crippen LogP contribution is -1.98. The minimum atomic E-state index is -0.390. The average Bonchev–Trinajstić information content (AvgIpc) is 2.37. The van der Waals surface area contributed by atoms with Crippen molar-refractivity contribution in [3.05, 3.63) is 35.3 Å². The Hall–Kier alpha value is -1.35.